The van der Waals surface area contributed by atoms with Crippen molar-refractivity contribution in [3.63, 3.8) is 0 Å². The largest absolute Gasteiger partial charge is 0.451 e. The van der Waals surface area contributed by atoms with Crippen LogP contribution in [0, 0.1) is 0 Å². The quantitative estimate of drug-likeness (QED) is 0.655. The third-order valence-corrected chi connectivity index (χ3v) is 4.72. The summed E-state index contributed by atoms with van der Waals surface area (Å²) in [6.45, 7) is 4.68. The lowest BCUT2D eigenvalue weighted by atomic mass is 10.3. The Balaban J connectivity index is 2.52. The number of nitrogens with one attached hydrogen (secondary N) is 2. The molecule has 1 aromatic carbocycles. The van der Waals surface area contributed by atoms with Gasteiger partial charge in [-0.15, -0.1) is 0 Å². The number of rotatable bonds is 9. The first-order valence-electron chi connectivity index (χ1n) is 7.81. The van der Waals surface area contributed by atoms with Crippen LogP contribution in [0.4, 0.5) is 5.69 Å². The Morgan fingerprint density at radius 1 is 1.17 bits per heavy atom. The molecule has 0 aliphatic heterocycles. The minimum absolute atomic E-state index is 0.0504. The van der Waals surface area contributed by atoms with Crippen LogP contribution < -0.4 is 10.0 Å². The van der Waals surface area contributed by atoms with Crippen molar-refractivity contribution in [2.75, 3.05) is 11.1 Å². The predicted octanol–water partition coefficient (Wildman–Crippen LogP) is 1.66. The van der Waals surface area contributed by atoms with E-state index in [1.165, 1.54) is 13.8 Å². The molecule has 8 heteroatoms. The predicted molar refractivity (Wildman–Crippen MR) is 91.9 cm³/mol. The second kappa shape index (κ2) is 9.39. The summed E-state index contributed by atoms with van der Waals surface area (Å²) in [5, 5.41) is 2.61. The fraction of sp³-hybridized carbons (Fsp3) is 0.500. The van der Waals surface area contributed by atoms with Crippen LogP contribution in [0.5, 0.6) is 0 Å². The third-order valence-electron chi connectivity index (χ3n) is 3.18. The zero-order valence-electron chi connectivity index (χ0n) is 14.1. The molecule has 1 amide bonds. The summed E-state index contributed by atoms with van der Waals surface area (Å²) in [7, 11) is -3.54. The van der Waals surface area contributed by atoms with Crippen LogP contribution in [-0.2, 0) is 24.3 Å². The number of benzene rings is 1. The molecule has 0 heterocycles. The van der Waals surface area contributed by atoms with Crippen LogP contribution in [0.25, 0.3) is 0 Å². The number of anilines is 1. The molecule has 0 saturated carbocycles. The van der Waals surface area contributed by atoms with Gasteiger partial charge in [-0.3, -0.25) is 9.59 Å². The normalized spacial score (nSPS) is 13.8. The first kappa shape index (κ1) is 20.1. The van der Waals surface area contributed by atoms with Gasteiger partial charge >= 0.3 is 5.97 Å². The number of hydrogen-bond acceptors (Lipinski definition) is 5. The van der Waals surface area contributed by atoms with Gasteiger partial charge in [-0.05, 0) is 32.4 Å². The zero-order chi connectivity index (χ0) is 18.2. The number of sulfonamides is 1. The number of unbranched alkanes of at least 4 members (excludes halogenated alkanes) is 1. The Hall–Kier alpha value is -1.93. The molecule has 0 fully saturated rings. The molecule has 0 unspecified atom stereocenters. The smallest absolute Gasteiger partial charge is 0.324 e. The number of hydrogen-bond donors (Lipinski definition) is 2. The van der Waals surface area contributed by atoms with E-state index in [1.54, 1.807) is 24.3 Å². The molecule has 2 atom stereocenters. The Morgan fingerprint density at radius 2 is 1.79 bits per heavy atom. The topological polar surface area (TPSA) is 102 Å². The summed E-state index contributed by atoms with van der Waals surface area (Å²) in [4.78, 5) is 23.9. The van der Waals surface area contributed by atoms with E-state index in [2.05, 4.69) is 10.0 Å². The average molecular weight is 356 g/mol. The van der Waals surface area contributed by atoms with Crippen molar-refractivity contribution in [2.24, 2.45) is 0 Å². The maximum Gasteiger partial charge on any atom is 0.324 e. The fourth-order valence-corrected chi connectivity index (χ4v) is 3.23. The van der Waals surface area contributed by atoms with Crippen molar-refractivity contribution >= 4 is 27.6 Å². The van der Waals surface area contributed by atoms with E-state index in [4.69, 9.17) is 4.74 Å². The summed E-state index contributed by atoms with van der Waals surface area (Å²) in [5.41, 5.74) is 0.582. The second-order valence-corrected chi connectivity index (χ2v) is 7.32. The minimum Gasteiger partial charge on any atom is -0.451 e. The highest BCUT2D eigenvalue weighted by Crippen LogP contribution is 2.07. The summed E-state index contributed by atoms with van der Waals surface area (Å²) in [5.74, 6) is -1.34. The Kier molecular flexibility index (Phi) is 7.87. The number of carbonyl (C=O) groups excluding carboxylic acids is 2. The van der Waals surface area contributed by atoms with Gasteiger partial charge in [-0.1, -0.05) is 31.5 Å². The zero-order valence-corrected chi connectivity index (χ0v) is 14.9. The van der Waals surface area contributed by atoms with E-state index < -0.39 is 34.0 Å². The SMILES string of the molecule is CCCCS(=O)(=O)N[C@@H](C)C(=O)O[C@@H](C)C(=O)Nc1ccccc1. The summed E-state index contributed by atoms with van der Waals surface area (Å²) in [6.07, 6.45) is 0.198. The minimum atomic E-state index is -3.54. The standard InChI is InChI=1S/C16H24N2O5S/c1-4-5-11-24(21,22)18-12(2)16(20)23-13(3)15(19)17-14-9-7-6-8-10-14/h6-10,12-13,18H,4-5,11H2,1-3H3,(H,17,19)/t12-,13-/m0/s1. The first-order chi connectivity index (χ1) is 11.2. The van der Waals surface area contributed by atoms with Gasteiger partial charge in [0, 0.05) is 5.69 Å². The molecule has 0 aliphatic carbocycles. The maximum atomic E-state index is 12.0. The van der Waals surface area contributed by atoms with E-state index in [-0.39, 0.29) is 5.75 Å². The molecule has 1 rings (SSSR count). The van der Waals surface area contributed by atoms with Crippen molar-refractivity contribution in [1.29, 1.82) is 0 Å². The van der Waals surface area contributed by atoms with Crippen LogP contribution in [0.2, 0.25) is 0 Å². The summed E-state index contributed by atoms with van der Waals surface area (Å²) >= 11 is 0. The maximum absolute atomic E-state index is 12.0. The molecule has 24 heavy (non-hydrogen) atoms. The second-order valence-electron chi connectivity index (χ2n) is 5.45. The van der Waals surface area contributed by atoms with Crippen molar-refractivity contribution in [1.82, 2.24) is 4.72 Å². The van der Waals surface area contributed by atoms with Crippen LogP contribution >= 0.6 is 0 Å². The fourth-order valence-electron chi connectivity index (χ4n) is 1.81. The Morgan fingerprint density at radius 3 is 2.38 bits per heavy atom. The number of amides is 1. The van der Waals surface area contributed by atoms with Crippen molar-refractivity contribution in [2.45, 2.75) is 45.8 Å². The third kappa shape index (κ3) is 7.10. The van der Waals surface area contributed by atoms with Gasteiger partial charge in [0.05, 0.1) is 5.75 Å². The molecule has 0 aliphatic rings. The Labute approximate surface area is 142 Å². The molecule has 0 radical (unpaired) electrons. The molecule has 0 bridgehead atoms. The molecule has 134 valence electrons. The van der Waals surface area contributed by atoms with Crippen molar-refractivity contribution < 1.29 is 22.7 Å². The number of esters is 1. The average Bonchev–Trinajstić information content (AvgIpc) is 2.53. The van der Waals surface area contributed by atoms with Crippen LogP contribution in [0.15, 0.2) is 30.3 Å². The monoisotopic (exact) mass is 356 g/mol. The van der Waals surface area contributed by atoms with E-state index in [9.17, 15) is 18.0 Å². The first-order valence-corrected chi connectivity index (χ1v) is 9.46. The summed E-state index contributed by atoms with van der Waals surface area (Å²) < 4.78 is 30.8. The van der Waals surface area contributed by atoms with E-state index in [0.29, 0.717) is 12.1 Å². The van der Waals surface area contributed by atoms with Gasteiger partial charge in [0.15, 0.2) is 6.10 Å². The number of ether oxygens (including phenoxy) is 1. The van der Waals surface area contributed by atoms with Crippen molar-refractivity contribution in [3.05, 3.63) is 30.3 Å². The molecule has 0 spiro atoms. The summed E-state index contributed by atoms with van der Waals surface area (Å²) in [6, 6.07) is 7.69. The van der Waals surface area contributed by atoms with E-state index in [0.717, 1.165) is 6.42 Å². The van der Waals surface area contributed by atoms with Crippen LogP contribution in [-0.4, -0.2) is 38.2 Å². The van der Waals surface area contributed by atoms with Gasteiger partial charge in [0.2, 0.25) is 10.0 Å². The molecular weight excluding hydrogens is 332 g/mol. The molecule has 0 aromatic heterocycles. The van der Waals surface area contributed by atoms with Crippen LogP contribution in [0.1, 0.15) is 33.6 Å². The number of carbonyl (C=O) groups is 2. The lowest BCUT2D eigenvalue weighted by molar-refractivity contribution is -0.154. The van der Waals surface area contributed by atoms with Crippen LogP contribution in [0.3, 0.4) is 0 Å². The van der Waals surface area contributed by atoms with E-state index in [1.807, 2.05) is 13.0 Å². The van der Waals surface area contributed by atoms with E-state index >= 15 is 0 Å². The van der Waals surface area contributed by atoms with Gasteiger partial charge in [0.25, 0.3) is 5.91 Å². The molecular formula is C16H24N2O5S. The van der Waals surface area contributed by atoms with Gasteiger partial charge in [0.1, 0.15) is 6.04 Å². The molecule has 7 nitrogen and oxygen atoms in total. The van der Waals surface area contributed by atoms with Crippen molar-refractivity contribution in [3.8, 4) is 0 Å². The Bertz CT molecular complexity index is 646. The van der Waals surface area contributed by atoms with Gasteiger partial charge in [-0.2, -0.15) is 0 Å². The highest BCUT2D eigenvalue weighted by atomic mass is 32.2. The lowest BCUT2D eigenvalue weighted by Gasteiger charge is -2.17. The lowest BCUT2D eigenvalue weighted by Crippen LogP contribution is -2.43. The molecule has 1 aromatic rings. The molecule has 0 saturated heterocycles. The van der Waals surface area contributed by atoms with Gasteiger partial charge in [-0.25, -0.2) is 13.1 Å². The highest BCUT2D eigenvalue weighted by Gasteiger charge is 2.25. The highest BCUT2D eigenvalue weighted by molar-refractivity contribution is 7.89. The number of para-hydroxylation sites is 1. The molecule has 2 N–H and O–H groups in total. The van der Waals surface area contributed by atoms with Gasteiger partial charge < -0.3 is 10.1 Å².